The van der Waals surface area contributed by atoms with E-state index in [0.717, 1.165) is 32.7 Å². The average Bonchev–Trinajstić information content (AvgIpc) is 3.00. The summed E-state index contributed by atoms with van der Waals surface area (Å²) in [4.78, 5) is 25.2. The summed E-state index contributed by atoms with van der Waals surface area (Å²) < 4.78 is 4.91. The van der Waals surface area contributed by atoms with Crippen LogP contribution in [0, 0.1) is 6.92 Å². The van der Waals surface area contributed by atoms with Crippen LogP contribution in [0.1, 0.15) is 23.0 Å². The number of hydrogen-bond acceptors (Lipinski definition) is 7. The van der Waals surface area contributed by atoms with Gasteiger partial charge in [-0.25, -0.2) is 9.97 Å². The standard InChI is InChI=1S/C15H20N6O2/c1-3-20-4-6-21(7-5-20)15-16-9-12(10-17-15)14(22)18-13-8-11(2)23-19-13/h8-10H,3-7H2,1-2H3,(H,18,19,22). The SMILES string of the molecule is CCN1CCN(c2ncc(C(=O)Nc3cc(C)on3)cn2)CC1. The van der Waals surface area contributed by atoms with Gasteiger partial charge < -0.3 is 19.6 Å². The highest BCUT2D eigenvalue weighted by Crippen LogP contribution is 2.12. The number of carbonyl (C=O) groups is 1. The number of rotatable bonds is 4. The van der Waals surface area contributed by atoms with Gasteiger partial charge in [0.05, 0.1) is 5.56 Å². The van der Waals surface area contributed by atoms with Crippen LogP contribution in [0.4, 0.5) is 11.8 Å². The first-order valence-electron chi connectivity index (χ1n) is 7.69. The van der Waals surface area contributed by atoms with Crippen molar-refractivity contribution in [2.24, 2.45) is 0 Å². The molecule has 0 atom stereocenters. The second kappa shape index (κ2) is 6.74. The van der Waals surface area contributed by atoms with E-state index in [2.05, 4.69) is 37.2 Å². The molecule has 0 aromatic carbocycles. The molecule has 23 heavy (non-hydrogen) atoms. The summed E-state index contributed by atoms with van der Waals surface area (Å²) in [6.07, 6.45) is 3.08. The van der Waals surface area contributed by atoms with Gasteiger partial charge in [0.2, 0.25) is 5.95 Å². The highest BCUT2D eigenvalue weighted by molar-refractivity contribution is 6.03. The molecular formula is C15H20N6O2. The molecule has 0 unspecified atom stereocenters. The Balaban J connectivity index is 1.61. The van der Waals surface area contributed by atoms with Gasteiger partial charge in [-0.05, 0) is 13.5 Å². The third kappa shape index (κ3) is 3.65. The van der Waals surface area contributed by atoms with Crippen molar-refractivity contribution in [1.29, 1.82) is 0 Å². The summed E-state index contributed by atoms with van der Waals surface area (Å²) in [6.45, 7) is 8.81. The molecule has 3 heterocycles. The van der Waals surface area contributed by atoms with Crippen LogP contribution in [0.25, 0.3) is 0 Å². The van der Waals surface area contributed by atoms with E-state index >= 15 is 0 Å². The van der Waals surface area contributed by atoms with Gasteiger partial charge in [0.1, 0.15) is 5.76 Å². The van der Waals surface area contributed by atoms with E-state index < -0.39 is 0 Å². The Morgan fingerprint density at radius 2 is 1.96 bits per heavy atom. The Hall–Kier alpha value is -2.48. The number of carbonyl (C=O) groups excluding carboxylic acids is 1. The van der Waals surface area contributed by atoms with E-state index in [0.29, 0.717) is 23.1 Å². The normalized spacial score (nSPS) is 15.7. The van der Waals surface area contributed by atoms with E-state index in [4.69, 9.17) is 4.52 Å². The van der Waals surface area contributed by atoms with Crippen LogP contribution in [0.3, 0.4) is 0 Å². The van der Waals surface area contributed by atoms with E-state index in [-0.39, 0.29) is 5.91 Å². The maximum Gasteiger partial charge on any atom is 0.260 e. The molecule has 0 aliphatic carbocycles. The first kappa shape index (κ1) is 15.4. The Labute approximate surface area is 134 Å². The number of hydrogen-bond donors (Lipinski definition) is 1. The monoisotopic (exact) mass is 316 g/mol. The first-order chi connectivity index (χ1) is 11.2. The zero-order valence-electron chi connectivity index (χ0n) is 13.3. The van der Waals surface area contributed by atoms with Gasteiger partial charge >= 0.3 is 0 Å². The molecule has 0 bridgehead atoms. The van der Waals surface area contributed by atoms with Crippen molar-refractivity contribution < 1.29 is 9.32 Å². The predicted molar refractivity (Wildman–Crippen MR) is 85.6 cm³/mol. The third-order valence-electron chi connectivity index (χ3n) is 3.87. The predicted octanol–water partition coefficient (Wildman–Crippen LogP) is 1.17. The van der Waals surface area contributed by atoms with Crippen molar-refractivity contribution in [2.45, 2.75) is 13.8 Å². The summed E-state index contributed by atoms with van der Waals surface area (Å²) in [5, 5.41) is 6.37. The van der Waals surface area contributed by atoms with Crippen LogP contribution in [-0.2, 0) is 0 Å². The molecule has 8 heteroatoms. The molecular weight excluding hydrogens is 296 g/mol. The molecule has 1 aliphatic heterocycles. The lowest BCUT2D eigenvalue weighted by Crippen LogP contribution is -2.46. The minimum atomic E-state index is -0.305. The fraction of sp³-hybridized carbons (Fsp3) is 0.467. The van der Waals surface area contributed by atoms with Crippen LogP contribution in [0.2, 0.25) is 0 Å². The summed E-state index contributed by atoms with van der Waals surface area (Å²) in [5.74, 6) is 1.38. The minimum absolute atomic E-state index is 0.305. The molecule has 1 N–H and O–H groups in total. The summed E-state index contributed by atoms with van der Waals surface area (Å²) >= 11 is 0. The number of nitrogens with one attached hydrogen (secondary N) is 1. The van der Waals surface area contributed by atoms with E-state index in [1.807, 2.05) is 0 Å². The van der Waals surface area contributed by atoms with E-state index in [9.17, 15) is 4.79 Å². The smallest absolute Gasteiger partial charge is 0.260 e. The van der Waals surface area contributed by atoms with Crippen molar-refractivity contribution in [2.75, 3.05) is 42.9 Å². The second-order valence-electron chi connectivity index (χ2n) is 5.47. The van der Waals surface area contributed by atoms with Crippen molar-refractivity contribution in [3.63, 3.8) is 0 Å². The summed E-state index contributed by atoms with van der Waals surface area (Å²) in [6, 6.07) is 1.65. The Morgan fingerprint density at radius 3 is 2.52 bits per heavy atom. The molecule has 2 aromatic rings. The Morgan fingerprint density at radius 1 is 1.26 bits per heavy atom. The molecule has 1 fully saturated rings. The number of nitrogens with zero attached hydrogens (tertiary/aromatic N) is 5. The molecule has 0 spiro atoms. The number of likely N-dealkylation sites (N-methyl/N-ethyl adjacent to an activating group) is 1. The third-order valence-corrected chi connectivity index (χ3v) is 3.87. The van der Waals surface area contributed by atoms with Crippen LogP contribution < -0.4 is 10.2 Å². The van der Waals surface area contributed by atoms with Gasteiger partial charge in [-0.15, -0.1) is 0 Å². The fourth-order valence-electron chi connectivity index (χ4n) is 2.48. The molecule has 8 nitrogen and oxygen atoms in total. The quantitative estimate of drug-likeness (QED) is 0.905. The maximum absolute atomic E-state index is 12.1. The number of anilines is 2. The molecule has 122 valence electrons. The molecule has 3 rings (SSSR count). The highest BCUT2D eigenvalue weighted by atomic mass is 16.5. The van der Waals surface area contributed by atoms with E-state index in [1.54, 1.807) is 13.0 Å². The minimum Gasteiger partial charge on any atom is -0.360 e. The second-order valence-corrected chi connectivity index (χ2v) is 5.47. The summed E-state index contributed by atoms with van der Waals surface area (Å²) in [7, 11) is 0. The first-order valence-corrected chi connectivity index (χ1v) is 7.69. The zero-order valence-corrected chi connectivity index (χ0v) is 13.3. The van der Waals surface area contributed by atoms with Gasteiger partial charge in [0.25, 0.3) is 5.91 Å². The number of amides is 1. The van der Waals surface area contributed by atoms with E-state index in [1.165, 1.54) is 12.4 Å². The van der Waals surface area contributed by atoms with Crippen LogP contribution in [0.5, 0.6) is 0 Å². The van der Waals surface area contributed by atoms with Gasteiger partial charge in [0.15, 0.2) is 5.82 Å². The van der Waals surface area contributed by atoms with Gasteiger partial charge in [-0.3, -0.25) is 4.79 Å². The maximum atomic E-state index is 12.1. The van der Waals surface area contributed by atoms with Crippen molar-refractivity contribution in [3.05, 3.63) is 29.8 Å². The zero-order chi connectivity index (χ0) is 16.2. The molecule has 1 aliphatic rings. The fourth-order valence-corrected chi connectivity index (χ4v) is 2.48. The van der Waals surface area contributed by atoms with Crippen molar-refractivity contribution in [3.8, 4) is 0 Å². The van der Waals surface area contributed by atoms with Crippen LogP contribution in [-0.4, -0.2) is 58.7 Å². The topological polar surface area (TPSA) is 87.4 Å². The van der Waals surface area contributed by atoms with Crippen LogP contribution >= 0.6 is 0 Å². The summed E-state index contributed by atoms with van der Waals surface area (Å²) in [5.41, 5.74) is 0.390. The molecule has 0 saturated carbocycles. The van der Waals surface area contributed by atoms with Gasteiger partial charge in [-0.1, -0.05) is 12.1 Å². The Kier molecular flexibility index (Phi) is 4.52. The number of aryl methyl sites for hydroxylation is 1. The number of aromatic nitrogens is 3. The van der Waals surface area contributed by atoms with Gasteiger partial charge in [-0.2, -0.15) is 0 Å². The van der Waals surface area contributed by atoms with Crippen molar-refractivity contribution in [1.82, 2.24) is 20.0 Å². The van der Waals surface area contributed by atoms with Gasteiger partial charge in [0, 0.05) is 44.6 Å². The molecule has 1 amide bonds. The molecule has 2 aromatic heterocycles. The lowest BCUT2D eigenvalue weighted by atomic mass is 10.3. The lowest BCUT2D eigenvalue weighted by Gasteiger charge is -2.33. The molecule has 0 radical (unpaired) electrons. The van der Waals surface area contributed by atoms with Crippen molar-refractivity contribution >= 4 is 17.7 Å². The lowest BCUT2D eigenvalue weighted by molar-refractivity contribution is 0.102. The highest BCUT2D eigenvalue weighted by Gasteiger charge is 2.18. The van der Waals surface area contributed by atoms with Crippen LogP contribution in [0.15, 0.2) is 23.0 Å². The average molecular weight is 316 g/mol. The number of piperazine rings is 1. The Bertz CT molecular complexity index is 661. The molecule has 1 saturated heterocycles. The largest absolute Gasteiger partial charge is 0.360 e.